The molecule has 0 unspecified atom stereocenters. The van der Waals surface area contributed by atoms with Gasteiger partial charge in [-0.15, -0.1) is 6.58 Å². The van der Waals surface area contributed by atoms with Crippen LogP contribution in [0.5, 0.6) is 0 Å². The molecule has 0 aliphatic heterocycles. The summed E-state index contributed by atoms with van der Waals surface area (Å²) in [6, 6.07) is 0. The van der Waals surface area contributed by atoms with Crippen molar-refractivity contribution in [2.24, 2.45) is 0 Å². The number of hydrogen-bond acceptors (Lipinski definition) is 2. The predicted octanol–water partition coefficient (Wildman–Crippen LogP) is 3.06. The second-order valence-corrected chi connectivity index (χ2v) is 5.65. The fraction of sp³-hybridized carbons (Fsp3) is 0.700. The molecular weight excluding hydrogens is 232 g/mol. The lowest BCUT2D eigenvalue weighted by Crippen LogP contribution is -2.26. The molecule has 0 N–H and O–H groups in total. The summed E-state index contributed by atoms with van der Waals surface area (Å²) in [5.41, 5.74) is 1.12. The van der Waals surface area contributed by atoms with Crippen LogP contribution in [0.3, 0.4) is 0 Å². The Bertz CT molecular complexity index is 192. The number of hydrogen-bond donors (Lipinski definition) is 0. The van der Waals surface area contributed by atoms with Crippen LogP contribution in [-0.4, -0.2) is 16.9 Å². The minimum atomic E-state index is -0.573. The maximum absolute atomic E-state index is 11.2. The molecule has 0 saturated carbocycles. The number of rotatable bonds is 5. The summed E-state index contributed by atoms with van der Waals surface area (Å²) >= 11 is 3.23. The molecule has 0 heterocycles. The van der Waals surface area contributed by atoms with E-state index in [9.17, 15) is 4.79 Å². The van der Waals surface area contributed by atoms with Crippen molar-refractivity contribution in [1.82, 2.24) is 0 Å². The molecule has 0 bridgehead atoms. The second-order valence-electron chi connectivity index (χ2n) is 3.67. The van der Waals surface area contributed by atoms with Gasteiger partial charge in [-0.2, -0.15) is 0 Å². The minimum Gasteiger partial charge on any atom is -0.465 e. The Morgan fingerprint density at radius 1 is 1.54 bits per heavy atom. The van der Waals surface area contributed by atoms with Gasteiger partial charge in [-0.1, -0.05) is 21.5 Å². The van der Waals surface area contributed by atoms with Crippen LogP contribution in [0.4, 0.5) is 0 Å². The first-order chi connectivity index (χ1) is 5.84. The minimum absolute atomic E-state index is 0.214. The Balaban J connectivity index is 3.55. The van der Waals surface area contributed by atoms with E-state index >= 15 is 0 Å². The van der Waals surface area contributed by atoms with Gasteiger partial charge in [0.05, 0.1) is 6.61 Å². The van der Waals surface area contributed by atoms with Crippen LogP contribution in [0.25, 0.3) is 0 Å². The standard InChI is InChI=1S/C10H17BrO2/c1-8(2)6-5-7-13-9(12)10(3,4)11/h1,5-7H2,2-4H3. The Labute approximate surface area is 88.5 Å². The first kappa shape index (κ1) is 12.7. The SMILES string of the molecule is C=C(C)CCCOC(=O)C(C)(C)Br. The predicted molar refractivity (Wildman–Crippen MR) is 58.0 cm³/mol. The number of ether oxygens (including phenoxy) is 1. The van der Waals surface area contributed by atoms with Crippen molar-refractivity contribution < 1.29 is 9.53 Å². The molecule has 0 spiro atoms. The van der Waals surface area contributed by atoms with Gasteiger partial charge in [0.2, 0.25) is 0 Å². The van der Waals surface area contributed by atoms with Crippen molar-refractivity contribution in [1.29, 1.82) is 0 Å². The number of halogens is 1. The van der Waals surface area contributed by atoms with Gasteiger partial charge in [-0.25, -0.2) is 0 Å². The van der Waals surface area contributed by atoms with E-state index in [1.807, 2.05) is 6.92 Å². The van der Waals surface area contributed by atoms with Crippen molar-refractivity contribution in [2.45, 2.75) is 37.9 Å². The van der Waals surface area contributed by atoms with Gasteiger partial charge in [-0.05, 0) is 33.6 Å². The van der Waals surface area contributed by atoms with Crippen LogP contribution < -0.4 is 0 Å². The third-order valence-electron chi connectivity index (χ3n) is 1.47. The van der Waals surface area contributed by atoms with Gasteiger partial charge in [0, 0.05) is 0 Å². The summed E-state index contributed by atoms with van der Waals surface area (Å²) < 4.78 is 4.46. The van der Waals surface area contributed by atoms with Crippen LogP contribution in [0.2, 0.25) is 0 Å². The lowest BCUT2D eigenvalue weighted by Gasteiger charge is -2.14. The van der Waals surface area contributed by atoms with E-state index in [1.165, 1.54) is 0 Å². The third kappa shape index (κ3) is 6.82. The van der Waals surface area contributed by atoms with Crippen molar-refractivity contribution in [3.05, 3.63) is 12.2 Å². The van der Waals surface area contributed by atoms with Crippen LogP contribution in [0.15, 0.2) is 12.2 Å². The van der Waals surface area contributed by atoms with E-state index in [2.05, 4.69) is 22.5 Å². The van der Waals surface area contributed by atoms with Crippen molar-refractivity contribution in [3.63, 3.8) is 0 Å². The third-order valence-corrected chi connectivity index (χ3v) is 1.79. The highest BCUT2D eigenvalue weighted by Crippen LogP contribution is 2.17. The molecule has 0 aromatic rings. The van der Waals surface area contributed by atoms with Crippen LogP contribution in [0, 0.1) is 0 Å². The van der Waals surface area contributed by atoms with Crippen molar-refractivity contribution >= 4 is 21.9 Å². The van der Waals surface area contributed by atoms with E-state index in [0.29, 0.717) is 6.61 Å². The van der Waals surface area contributed by atoms with Gasteiger partial charge in [0.25, 0.3) is 0 Å². The van der Waals surface area contributed by atoms with Crippen molar-refractivity contribution in [2.75, 3.05) is 6.61 Å². The normalized spacial score (nSPS) is 11.1. The van der Waals surface area contributed by atoms with Crippen LogP contribution in [0.1, 0.15) is 33.6 Å². The molecule has 76 valence electrons. The van der Waals surface area contributed by atoms with Crippen LogP contribution >= 0.6 is 15.9 Å². The Hall–Kier alpha value is -0.310. The number of esters is 1. The molecule has 0 fully saturated rings. The summed E-state index contributed by atoms with van der Waals surface area (Å²) in [5, 5.41) is 0. The van der Waals surface area contributed by atoms with Gasteiger partial charge < -0.3 is 4.74 Å². The molecule has 0 aliphatic rings. The number of allylic oxidation sites excluding steroid dienone is 1. The highest BCUT2D eigenvalue weighted by atomic mass is 79.9. The highest BCUT2D eigenvalue weighted by molar-refractivity contribution is 9.10. The summed E-state index contributed by atoms with van der Waals surface area (Å²) in [5.74, 6) is -0.214. The molecule has 3 heteroatoms. The van der Waals surface area contributed by atoms with Crippen molar-refractivity contribution in [3.8, 4) is 0 Å². The van der Waals surface area contributed by atoms with Gasteiger partial charge in [-0.3, -0.25) is 4.79 Å². The largest absolute Gasteiger partial charge is 0.465 e. The monoisotopic (exact) mass is 248 g/mol. The molecule has 0 aliphatic carbocycles. The van der Waals surface area contributed by atoms with E-state index in [-0.39, 0.29) is 5.97 Å². The molecule has 2 nitrogen and oxygen atoms in total. The zero-order chi connectivity index (χ0) is 10.5. The quantitative estimate of drug-likeness (QED) is 0.324. The van der Waals surface area contributed by atoms with E-state index in [1.54, 1.807) is 13.8 Å². The molecule has 13 heavy (non-hydrogen) atoms. The number of carbonyl (C=O) groups is 1. The topological polar surface area (TPSA) is 26.3 Å². The lowest BCUT2D eigenvalue weighted by molar-refractivity contribution is -0.145. The van der Waals surface area contributed by atoms with E-state index in [4.69, 9.17) is 4.74 Å². The van der Waals surface area contributed by atoms with Crippen LogP contribution in [-0.2, 0) is 9.53 Å². The Kier molecular flexibility index (Phi) is 5.30. The Morgan fingerprint density at radius 2 is 2.08 bits per heavy atom. The summed E-state index contributed by atoms with van der Waals surface area (Å²) in [6.07, 6.45) is 1.76. The zero-order valence-electron chi connectivity index (χ0n) is 8.52. The van der Waals surface area contributed by atoms with E-state index < -0.39 is 4.32 Å². The molecule has 0 radical (unpaired) electrons. The molecular formula is C10H17BrO2. The molecule has 0 saturated heterocycles. The fourth-order valence-electron chi connectivity index (χ4n) is 0.710. The smallest absolute Gasteiger partial charge is 0.322 e. The second kappa shape index (κ2) is 5.43. The highest BCUT2D eigenvalue weighted by Gasteiger charge is 2.24. The Morgan fingerprint density at radius 3 is 2.46 bits per heavy atom. The van der Waals surface area contributed by atoms with Gasteiger partial charge in [0.15, 0.2) is 0 Å². The maximum atomic E-state index is 11.2. The van der Waals surface area contributed by atoms with E-state index in [0.717, 1.165) is 18.4 Å². The molecule has 0 atom stereocenters. The fourth-order valence-corrected chi connectivity index (χ4v) is 0.825. The molecule has 0 amide bonds. The summed E-state index contributed by atoms with van der Waals surface area (Å²) in [6.45, 7) is 9.76. The van der Waals surface area contributed by atoms with Gasteiger partial charge in [0.1, 0.15) is 4.32 Å². The zero-order valence-corrected chi connectivity index (χ0v) is 10.1. The lowest BCUT2D eigenvalue weighted by atomic mass is 10.2. The molecule has 0 aromatic heterocycles. The molecule has 0 aromatic carbocycles. The molecule has 0 rings (SSSR count). The van der Waals surface area contributed by atoms with Gasteiger partial charge >= 0.3 is 5.97 Å². The first-order valence-corrected chi connectivity index (χ1v) is 5.14. The average molecular weight is 249 g/mol. The summed E-state index contributed by atoms with van der Waals surface area (Å²) in [7, 11) is 0. The maximum Gasteiger partial charge on any atom is 0.322 e. The summed E-state index contributed by atoms with van der Waals surface area (Å²) in [4.78, 5) is 11.2. The first-order valence-electron chi connectivity index (χ1n) is 4.34. The number of carbonyl (C=O) groups excluding carboxylic acids is 1. The average Bonchev–Trinajstić information content (AvgIpc) is 1.95. The number of alkyl halides is 1.